The molecule has 5 rings (SSSR count). The number of aliphatic hydroxyl groups is 1. The molecule has 2 N–H and O–H groups in total. The molecule has 3 heterocycles. The summed E-state index contributed by atoms with van der Waals surface area (Å²) in [4.78, 5) is 26.1. The third kappa shape index (κ3) is 4.14. The Balaban J connectivity index is 1.46. The van der Waals surface area contributed by atoms with Gasteiger partial charge < -0.3 is 19.4 Å². The maximum absolute atomic E-state index is 15.0. The van der Waals surface area contributed by atoms with E-state index in [2.05, 4.69) is 10.4 Å². The lowest BCUT2D eigenvalue weighted by atomic mass is 9.92. The Bertz CT molecular complexity index is 1420. The number of pyridine rings is 1. The van der Waals surface area contributed by atoms with E-state index in [0.717, 1.165) is 18.4 Å². The third-order valence-corrected chi connectivity index (χ3v) is 6.41. The number of aliphatic hydroxyl groups excluding tert-OH is 1. The topological polar surface area (TPSA) is 102 Å². The van der Waals surface area contributed by atoms with E-state index in [1.807, 2.05) is 0 Å². The second-order valence-corrected chi connectivity index (χ2v) is 8.78. The summed E-state index contributed by atoms with van der Waals surface area (Å²) in [7, 11) is 1.79. The summed E-state index contributed by atoms with van der Waals surface area (Å²) in [6.07, 6.45) is 8.75. The summed E-state index contributed by atoms with van der Waals surface area (Å²) in [5.74, 6) is -0.899. The highest BCUT2D eigenvalue weighted by Gasteiger charge is 2.27. The van der Waals surface area contributed by atoms with E-state index in [4.69, 9.17) is 4.42 Å². The van der Waals surface area contributed by atoms with Crippen molar-refractivity contribution in [1.29, 1.82) is 0 Å². The van der Waals surface area contributed by atoms with Crippen molar-refractivity contribution in [2.75, 3.05) is 0 Å². The smallest absolute Gasteiger partial charge is 0.262 e. The fraction of sp³-hybridized carbons (Fsp3) is 0.320. The van der Waals surface area contributed by atoms with Gasteiger partial charge >= 0.3 is 0 Å². The van der Waals surface area contributed by atoms with Gasteiger partial charge in [0.2, 0.25) is 0 Å². The molecule has 1 aromatic carbocycles. The van der Waals surface area contributed by atoms with Crippen LogP contribution in [0.15, 0.2) is 58.3 Å². The average Bonchev–Trinajstić information content (AvgIpc) is 3.48. The first-order valence-electron chi connectivity index (χ1n) is 11.3. The van der Waals surface area contributed by atoms with E-state index >= 15 is 0 Å². The summed E-state index contributed by atoms with van der Waals surface area (Å²) < 4.78 is 23.4. The maximum Gasteiger partial charge on any atom is 0.262 e. The van der Waals surface area contributed by atoms with Gasteiger partial charge in [-0.3, -0.25) is 14.3 Å². The summed E-state index contributed by atoms with van der Waals surface area (Å²) >= 11 is 0. The number of nitrogens with one attached hydrogen (secondary N) is 1. The predicted octanol–water partition coefficient (Wildman–Crippen LogP) is 3.22. The first kappa shape index (κ1) is 22.1. The second-order valence-electron chi connectivity index (χ2n) is 8.78. The number of carbonyl (C=O) groups is 1. The van der Waals surface area contributed by atoms with Crippen LogP contribution in [-0.2, 0) is 13.6 Å². The Morgan fingerprint density at radius 3 is 2.79 bits per heavy atom. The second kappa shape index (κ2) is 8.90. The highest BCUT2D eigenvalue weighted by molar-refractivity contribution is 6.04. The van der Waals surface area contributed by atoms with Crippen molar-refractivity contribution in [2.24, 2.45) is 7.05 Å². The van der Waals surface area contributed by atoms with Crippen molar-refractivity contribution in [1.82, 2.24) is 19.7 Å². The third-order valence-electron chi connectivity index (χ3n) is 6.41. The van der Waals surface area contributed by atoms with Gasteiger partial charge in [-0.25, -0.2) is 4.39 Å². The zero-order valence-electron chi connectivity index (χ0n) is 18.7. The van der Waals surface area contributed by atoms with Crippen LogP contribution in [0, 0.1) is 5.82 Å². The molecular weight excluding hydrogens is 439 g/mol. The van der Waals surface area contributed by atoms with Gasteiger partial charge in [0.25, 0.3) is 11.5 Å². The summed E-state index contributed by atoms with van der Waals surface area (Å²) in [5.41, 5.74) is 1.74. The molecule has 1 aliphatic carbocycles. The SMILES string of the molecule is Cn1cc(-c2ccc(Cn3cc(C(=O)N[C@H]4CCCC[C@@H]4O)c4occc4c3=O)c(F)c2)cn1. The molecule has 1 fully saturated rings. The van der Waals surface area contributed by atoms with Gasteiger partial charge in [-0.15, -0.1) is 0 Å². The number of amides is 1. The molecular formula is C25H25FN4O4. The molecule has 0 aliphatic heterocycles. The molecule has 0 spiro atoms. The van der Waals surface area contributed by atoms with Crippen LogP contribution in [-0.4, -0.2) is 37.5 Å². The number of furan rings is 1. The molecule has 2 atom stereocenters. The Labute approximate surface area is 194 Å². The Morgan fingerprint density at radius 1 is 1.24 bits per heavy atom. The number of carbonyl (C=O) groups excluding carboxylic acids is 1. The number of rotatable bonds is 5. The molecule has 0 unspecified atom stereocenters. The van der Waals surface area contributed by atoms with Crippen molar-refractivity contribution in [3.8, 4) is 11.1 Å². The molecule has 1 aliphatic rings. The number of hydrogen-bond donors (Lipinski definition) is 2. The highest BCUT2D eigenvalue weighted by Crippen LogP contribution is 2.24. The first-order chi connectivity index (χ1) is 16.4. The lowest BCUT2D eigenvalue weighted by molar-refractivity contribution is 0.0717. The number of aryl methyl sites for hydroxylation is 1. The predicted molar refractivity (Wildman–Crippen MR) is 124 cm³/mol. The monoisotopic (exact) mass is 464 g/mol. The fourth-order valence-electron chi connectivity index (χ4n) is 4.53. The van der Waals surface area contributed by atoms with E-state index in [1.54, 1.807) is 36.3 Å². The van der Waals surface area contributed by atoms with Crippen LogP contribution >= 0.6 is 0 Å². The molecule has 8 nitrogen and oxygen atoms in total. The van der Waals surface area contributed by atoms with E-state index in [9.17, 15) is 19.1 Å². The van der Waals surface area contributed by atoms with Crippen LogP contribution in [0.4, 0.5) is 4.39 Å². The minimum Gasteiger partial charge on any atom is -0.463 e. The largest absolute Gasteiger partial charge is 0.463 e. The van der Waals surface area contributed by atoms with Crippen molar-refractivity contribution in [3.63, 3.8) is 0 Å². The van der Waals surface area contributed by atoms with Gasteiger partial charge in [-0.2, -0.15) is 5.10 Å². The molecule has 176 valence electrons. The van der Waals surface area contributed by atoms with Gasteiger partial charge in [0.1, 0.15) is 5.82 Å². The van der Waals surface area contributed by atoms with Crippen LogP contribution in [0.25, 0.3) is 22.1 Å². The molecule has 3 aromatic heterocycles. The number of fused-ring (bicyclic) bond motifs is 1. The summed E-state index contributed by atoms with van der Waals surface area (Å²) in [6.45, 7) is -0.0502. The normalized spacial score (nSPS) is 18.3. The molecule has 1 amide bonds. The molecule has 0 saturated heterocycles. The van der Waals surface area contributed by atoms with E-state index in [0.29, 0.717) is 24.0 Å². The number of hydrogen-bond acceptors (Lipinski definition) is 5. The fourth-order valence-corrected chi connectivity index (χ4v) is 4.53. The van der Waals surface area contributed by atoms with Gasteiger partial charge in [0.05, 0.1) is 42.1 Å². The van der Waals surface area contributed by atoms with Crippen LogP contribution in [0.5, 0.6) is 0 Å². The Hall–Kier alpha value is -3.72. The molecule has 1 saturated carbocycles. The van der Waals surface area contributed by atoms with Crippen molar-refractivity contribution in [3.05, 3.63) is 76.4 Å². The first-order valence-corrected chi connectivity index (χ1v) is 11.3. The average molecular weight is 464 g/mol. The minimum atomic E-state index is -0.608. The summed E-state index contributed by atoms with van der Waals surface area (Å²) in [5, 5.41) is 17.4. The molecule has 4 aromatic rings. The lowest BCUT2D eigenvalue weighted by Crippen LogP contribution is -2.45. The lowest BCUT2D eigenvalue weighted by Gasteiger charge is -2.28. The standard InChI is InChI=1S/C25H25FN4O4/c1-29-12-17(11-27-29)15-6-7-16(20(26)10-15)13-30-14-19(23-18(25(30)33)8-9-34-23)24(32)28-21-4-2-3-5-22(21)31/h6-12,14,21-22,31H,2-5,13H2,1H3,(H,28,32)/t21-,22-/m0/s1. The minimum absolute atomic E-state index is 0.0502. The van der Waals surface area contributed by atoms with E-state index < -0.39 is 17.8 Å². The van der Waals surface area contributed by atoms with Crippen molar-refractivity contribution in [2.45, 2.75) is 44.4 Å². The molecule has 34 heavy (non-hydrogen) atoms. The molecule has 0 bridgehead atoms. The van der Waals surface area contributed by atoms with E-state index in [1.165, 1.54) is 29.2 Å². The maximum atomic E-state index is 15.0. The van der Waals surface area contributed by atoms with E-state index in [-0.39, 0.29) is 34.7 Å². The quantitative estimate of drug-likeness (QED) is 0.472. The zero-order valence-corrected chi connectivity index (χ0v) is 18.7. The zero-order chi connectivity index (χ0) is 23.8. The molecule has 9 heteroatoms. The van der Waals surface area contributed by atoms with Gasteiger partial charge in [0.15, 0.2) is 5.58 Å². The number of nitrogens with zero attached hydrogens (tertiary/aromatic N) is 3. The van der Waals surface area contributed by atoms with Crippen LogP contribution < -0.4 is 10.9 Å². The van der Waals surface area contributed by atoms with Crippen molar-refractivity contribution < 1.29 is 18.7 Å². The Morgan fingerprint density at radius 2 is 2.06 bits per heavy atom. The number of aromatic nitrogens is 3. The van der Waals surface area contributed by atoms with Gasteiger partial charge in [0, 0.05) is 30.6 Å². The van der Waals surface area contributed by atoms with Crippen LogP contribution in [0.2, 0.25) is 0 Å². The van der Waals surface area contributed by atoms with Crippen molar-refractivity contribution >= 4 is 16.9 Å². The summed E-state index contributed by atoms with van der Waals surface area (Å²) in [6, 6.07) is 5.95. The Kier molecular flexibility index (Phi) is 5.79. The highest BCUT2D eigenvalue weighted by atomic mass is 19.1. The van der Waals surface area contributed by atoms with Crippen LogP contribution in [0.3, 0.4) is 0 Å². The van der Waals surface area contributed by atoms with Crippen LogP contribution in [0.1, 0.15) is 41.6 Å². The number of halogens is 1. The molecule has 0 radical (unpaired) electrons. The van der Waals surface area contributed by atoms with Gasteiger partial charge in [-0.1, -0.05) is 25.0 Å². The number of benzene rings is 1. The van der Waals surface area contributed by atoms with Gasteiger partial charge in [-0.05, 0) is 30.5 Å².